The van der Waals surface area contributed by atoms with Crippen molar-refractivity contribution in [2.45, 2.75) is 25.7 Å². The van der Waals surface area contributed by atoms with Gasteiger partial charge in [0.1, 0.15) is 19.0 Å². The van der Waals surface area contributed by atoms with Crippen molar-refractivity contribution in [2.24, 2.45) is 0 Å². The molecule has 0 fully saturated rings. The minimum absolute atomic E-state index is 0.0217. The van der Waals surface area contributed by atoms with Crippen LogP contribution in [0.15, 0.2) is 48.5 Å². The Hall–Kier alpha value is -2.69. The van der Waals surface area contributed by atoms with Crippen molar-refractivity contribution < 1.29 is 19.0 Å². The lowest BCUT2D eigenvalue weighted by atomic mass is 9.84. The summed E-state index contributed by atoms with van der Waals surface area (Å²) in [5.74, 6) is 2.30. The van der Waals surface area contributed by atoms with Crippen LogP contribution in [0.1, 0.15) is 25.8 Å². The molecule has 0 atom stereocenters. The highest BCUT2D eigenvalue weighted by atomic mass is 16.6. The Morgan fingerprint density at radius 2 is 1.81 bits per heavy atom. The number of fused-ring (bicyclic) bond motifs is 1. The van der Waals surface area contributed by atoms with Crippen molar-refractivity contribution in [1.82, 2.24) is 5.32 Å². The van der Waals surface area contributed by atoms with E-state index in [1.165, 1.54) is 0 Å². The van der Waals surface area contributed by atoms with Gasteiger partial charge in [0.05, 0.1) is 13.0 Å². The van der Waals surface area contributed by atoms with Crippen LogP contribution in [0.25, 0.3) is 0 Å². The molecule has 2 aromatic rings. The lowest BCUT2D eigenvalue weighted by molar-refractivity contribution is -0.121. The monoisotopic (exact) mass is 355 g/mol. The molecule has 5 nitrogen and oxygen atoms in total. The minimum atomic E-state index is -0.216. The molecule has 3 rings (SSSR count). The highest BCUT2D eigenvalue weighted by Crippen LogP contribution is 2.34. The Morgan fingerprint density at radius 3 is 2.58 bits per heavy atom. The summed E-state index contributed by atoms with van der Waals surface area (Å²) in [5, 5.41) is 3.00. The van der Waals surface area contributed by atoms with Crippen LogP contribution < -0.4 is 19.5 Å². The molecule has 0 spiro atoms. The van der Waals surface area contributed by atoms with Crippen molar-refractivity contribution in [3.05, 3.63) is 54.1 Å². The fraction of sp³-hybridized carbons (Fsp3) is 0.381. The van der Waals surface area contributed by atoms with Crippen LogP contribution in [-0.2, 0) is 10.2 Å². The SMILES string of the molecule is CC(C)(CNC(=O)CCOc1ccccc1)c1ccc2c(c1)OCCO2. The van der Waals surface area contributed by atoms with Crippen molar-refractivity contribution in [3.63, 3.8) is 0 Å². The number of amides is 1. The first kappa shape index (κ1) is 18.1. The van der Waals surface area contributed by atoms with E-state index in [-0.39, 0.29) is 11.3 Å². The van der Waals surface area contributed by atoms with E-state index >= 15 is 0 Å². The normalized spacial score (nSPS) is 13.2. The van der Waals surface area contributed by atoms with Crippen molar-refractivity contribution in [3.8, 4) is 17.2 Å². The molecule has 0 saturated heterocycles. The van der Waals surface area contributed by atoms with E-state index in [0.717, 1.165) is 22.8 Å². The Kier molecular flexibility index (Phi) is 5.66. The maximum absolute atomic E-state index is 12.1. The zero-order valence-corrected chi connectivity index (χ0v) is 15.3. The van der Waals surface area contributed by atoms with E-state index in [2.05, 4.69) is 19.2 Å². The van der Waals surface area contributed by atoms with Crippen molar-refractivity contribution in [2.75, 3.05) is 26.4 Å². The van der Waals surface area contributed by atoms with Gasteiger partial charge in [0.25, 0.3) is 0 Å². The Morgan fingerprint density at radius 1 is 1.08 bits per heavy atom. The molecule has 1 amide bonds. The smallest absolute Gasteiger partial charge is 0.223 e. The summed E-state index contributed by atoms with van der Waals surface area (Å²) in [6.07, 6.45) is 0.326. The number of hydrogen-bond acceptors (Lipinski definition) is 4. The van der Waals surface area contributed by atoms with Gasteiger partial charge in [0.15, 0.2) is 11.5 Å². The fourth-order valence-corrected chi connectivity index (χ4v) is 2.75. The number of hydrogen-bond donors (Lipinski definition) is 1. The third-order valence-electron chi connectivity index (χ3n) is 4.39. The standard InChI is InChI=1S/C21H25NO4/c1-21(2,16-8-9-18-19(14-16)26-13-12-25-18)15-22-20(23)10-11-24-17-6-4-3-5-7-17/h3-9,14H,10-13,15H2,1-2H3,(H,22,23). The molecule has 1 heterocycles. The summed E-state index contributed by atoms with van der Waals surface area (Å²) in [4.78, 5) is 12.1. The van der Waals surface area contributed by atoms with Crippen LogP contribution in [0.3, 0.4) is 0 Å². The van der Waals surface area contributed by atoms with Gasteiger partial charge in [0, 0.05) is 12.0 Å². The Balaban J connectivity index is 1.49. The van der Waals surface area contributed by atoms with E-state index in [9.17, 15) is 4.79 Å². The van der Waals surface area contributed by atoms with Gasteiger partial charge < -0.3 is 19.5 Å². The van der Waals surface area contributed by atoms with Crippen LogP contribution in [0.2, 0.25) is 0 Å². The summed E-state index contributed by atoms with van der Waals surface area (Å²) < 4.78 is 16.8. The molecule has 0 radical (unpaired) electrons. The van der Waals surface area contributed by atoms with E-state index < -0.39 is 0 Å². The zero-order valence-electron chi connectivity index (χ0n) is 15.3. The molecule has 0 bridgehead atoms. The molecule has 1 aliphatic rings. The number of nitrogens with one attached hydrogen (secondary N) is 1. The van der Waals surface area contributed by atoms with E-state index in [1.807, 2.05) is 48.5 Å². The van der Waals surface area contributed by atoms with Gasteiger partial charge in [-0.1, -0.05) is 38.1 Å². The predicted molar refractivity (Wildman–Crippen MR) is 100 cm³/mol. The van der Waals surface area contributed by atoms with E-state index in [0.29, 0.717) is 32.8 Å². The van der Waals surface area contributed by atoms with Crippen LogP contribution in [0, 0.1) is 0 Å². The second-order valence-corrected chi connectivity index (χ2v) is 6.93. The largest absolute Gasteiger partial charge is 0.493 e. The lowest BCUT2D eigenvalue weighted by Gasteiger charge is -2.27. The summed E-state index contributed by atoms with van der Waals surface area (Å²) >= 11 is 0. The summed E-state index contributed by atoms with van der Waals surface area (Å²) in [5.41, 5.74) is 0.883. The molecular weight excluding hydrogens is 330 g/mol. The summed E-state index contributed by atoms with van der Waals surface area (Å²) in [6.45, 7) is 6.24. The van der Waals surface area contributed by atoms with Gasteiger partial charge in [-0.3, -0.25) is 4.79 Å². The highest BCUT2D eigenvalue weighted by Gasteiger charge is 2.24. The van der Waals surface area contributed by atoms with Gasteiger partial charge in [-0.25, -0.2) is 0 Å². The Bertz CT molecular complexity index is 743. The molecule has 1 N–H and O–H groups in total. The van der Waals surface area contributed by atoms with Gasteiger partial charge >= 0.3 is 0 Å². The van der Waals surface area contributed by atoms with E-state index in [4.69, 9.17) is 14.2 Å². The molecule has 138 valence electrons. The number of benzene rings is 2. The molecule has 2 aromatic carbocycles. The van der Waals surface area contributed by atoms with Crippen molar-refractivity contribution in [1.29, 1.82) is 0 Å². The number of para-hydroxylation sites is 1. The molecule has 0 aliphatic carbocycles. The first-order valence-electron chi connectivity index (χ1n) is 8.89. The third kappa shape index (κ3) is 4.69. The average molecular weight is 355 g/mol. The van der Waals surface area contributed by atoms with Gasteiger partial charge in [-0.05, 0) is 29.8 Å². The lowest BCUT2D eigenvalue weighted by Crippen LogP contribution is -2.37. The molecule has 26 heavy (non-hydrogen) atoms. The minimum Gasteiger partial charge on any atom is -0.493 e. The molecule has 1 aliphatic heterocycles. The number of carbonyl (C=O) groups is 1. The average Bonchev–Trinajstić information content (AvgIpc) is 2.67. The first-order chi connectivity index (χ1) is 12.5. The van der Waals surface area contributed by atoms with Crippen LogP contribution in [-0.4, -0.2) is 32.3 Å². The predicted octanol–water partition coefficient (Wildman–Crippen LogP) is 3.32. The van der Waals surface area contributed by atoms with Gasteiger partial charge in [-0.2, -0.15) is 0 Å². The second kappa shape index (κ2) is 8.13. The highest BCUT2D eigenvalue weighted by molar-refractivity contribution is 5.76. The maximum atomic E-state index is 12.1. The zero-order chi connectivity index (χ0) is 18.4. The second-order valence-electron chi connectivity index (χ2n) is 6.93. The molecule has 0 unspecified atom stereocenters. The molecule has 5 heteroatoms. The number of rotatable bonds is 7. The van der Waals surface area contributed by atoms with Crippen LogP contribution in [0.5, 0.6) is 17.2 Å². The molecular formula is C21H25NO4. The summed E-state index contributed by atoms with van der Waals surface area (Å²) in [7, 11) is 0. The van der Waals surface area contributed by atoms with Crippen LogP contribution in [0.4, 0.5) is 0 Å². The Labute approximate surface area is 154 Å². The maximum Gasteiger partial charge on any atom is 0.223 e. The number of carbonyl (C=O) groups excluding carboxylic acids is 1. The third-order valence-corrected chi connectivity index (χ3v) is 4.39. The van der Waals surface area contributed by atoms with Crippen LogP contribution >= 0.6 is 0 Å². The summed E-state index contributed by atoms with van der Waals surface area (Å²) in [6, 6.07) is 15.5. The van der Waals surface area contributed by atoms with Crippen molar-refractivity contribution >= 4 is 5.91 Å². The van der Waals surface area contributed by atoms with E-state index in [1.54, 1.807) is 0 Å². The van der Waals surface area contributed by atoms with Gasteiger partial charge in [-0.15, -0.1) is 0 Å². The molecule has 0 aromatic heterocycles. The molecule has 0 saturated carbocycles. The quantitative estimate of drug-likeness (QED) is 0.828. The fourth-order valence-electron chi connectivity index (χ4n) is 2.75. The number of ether oxygens (including phenoxy) is 3. The topological polar surface area (TPSA) is 56.8 Å². The van der Waals surface area contributed by atoms with Gasteiger partial charge in [0.2, 0.25) is 5.91 Å². The first-order valence-corrected chi connectivity index (χ1v) is 8.89.